The van der Waals surface area contributed by atoms with E-state index >= 15 is 0 Å². The number of aryl methyl sites for hydroxylation is 1. The fourth-order valence-electron chi connectivity index (χ4n) is 3.67. The van der Waals surface area contributed by atoms with Crippen LogP contribution >= 0.6 is 15.9 Å². The van der Waals surface area contributed by atoms with Gasteiger partial charge in [0.1, 0.15) is 5.69 Å². The second kappa shape index (κ2) is 7.84. The summed E-state index contributed by atoms with van der Waals surface area (Å²) in [4.78, 5) is 14.6. The highest BCUT2D eigenvalue weighted by atomic mass is 79.9. The lowest BCUT2D eigenvalue weighted by atomic mass is 10.1. The number of aliphatic imine (C=N–C) groups is 1. The number of rotatable bonds is 4. The Morgan fingerprint density at radius 2 is 1.73 bits per heavy atom. The summed E-state index contributed by atoms with van der Waals surface area (Å²) in [6, 6.07) is 26.4. The normalized spacial score (nSPS) is 11.7. The maximum atomic E-state index is 4.98. The second-order valence-corrected chi connectivity index (χ2v) is 7.85. The number of aromatic nitrogens is 3. The van der Waals surface area contributed by atoms with Crippen molar-refractivity contribution in [3.05, 3.63) is 88.9 Å². The zero-order valence-electron chi connectivity index (χ0n) is 16.5. The Kier molecular flexibility index (Phi) is 4.89. The maximum Gasteiger partial charge on any atom is 0.159 e. The van der Waals surface area contributed by atoms with E-state index < -0.39 is 0 Å². The van der Waals surface area contributed by atoms with Gasteiger partial charge in [-0.15, -0.1) is 0 Å². The first kappa shape index (κ1) is 18.7. The zero-order chi connectivity index (χ0) is 20.5. The van der Waals surface area contributed by atoms with Gasteiger partial charge in [0.25, 0.3) is 0 Å². The van der Waals surface area contributed by atoms with Crippen molar-refractivity contribution in [3.63, 3.8) is 0 Å². The number of halogens is 1. The van der Waals surface area contributed by atoms with Crippen molar-refractivity contribution in [2.75, 3.05) is 0 Å². The molecule has 0 N–H and O–H groups in total. The van der Waals surface area contributed by atoms with Crippen molar-refractivity contribution in [3.8, 4) is 11.5 Å². The standard InChI is InChI=1S/C25H19BrN4/c1-2-30-23-13-6-5-11-20(23)29-25(30)22-15-14-17-9-7-12-21(24(17)28-22)27-16-18-8-3-4-10-19(18)26/h3-16H,2H2,1H3. The van der Waals surface area contributed by atoms with Crippen LogP contribution in [0.25, 0.3) is 33.5 Å². The number of imidazole rings is 1. The SMILES string of the molecule is CCn1c(-c2ccc3cccc(N=Cc4ccccc4Br)c3n2)nc2ccccc21. The average Bonchev–Trinajstić information content (AvgIpc) is 3.17. The summed E-state index contributed by atoms with van der Waals surface area (Å²) in [5.74, 6) is 0.880. The Bertz CT molecular complexity index is 1400. The number of nitrogens with zero attached hydrogens (tertiary/aromatic N) is 4. The Balaban J connectivity index is 1.65. The number of fused-ring (bicyclic) bond motifs is 2. The fourth-order valence-corrected chi connectivity index (χ4v) is 4.06. The van der Waals surface area contributed by atoms with Crippen LogP contribution in [-0.2, 0) is 6.54 Å². The zero-order valence-corrected chi connectivity index (χ0v) is 18.0. The molecule has 0 fully saturated rings. The fraction of sp³-hybridized carbons (Fsp3) is 0.0800. The molecule has 0 radical (unpaired) electrons. The molecule has 0 amide bonds. The molecule has 3 aromatic carbocycles. The van der Waals surface area contributed by atoms with Crippen molar-refractivity contribution in [2.24, 2.45) is 4.99 Å². The molecular weight excluding hydrogens is 436 g/mol. The van der Waals surface area contributed by atoms with Crippen LogP contribution in [0.15, 0.2) is 88.3 Å². The molecule has 5 aromatic rings. The highest BCUT2D eigenvalue weighted by Crippen LogP contribution is 2.29. The molecular formula is C25H19BrN4. The number of hydrogen-bond donors (Lipinski definition) is 0. The molecule has 0 aliphatic rings. The number of benzene rings is 3. The third-order valence-corrected chi connectivity index (χ3v) is 5.87. The third kappa shape index (κ3) is 3.31. The van der Waals surface area contributed by atoms with E-state index in [1.54, 1.807) is 0 Å². The minimum absolute atomic E-state index is 0.831. The van der Waals surface area contributed by atoms with E-state index in [0.717, 1.165) is 55.7 Å². The maximum absolute atomic E-state index is 4.98. The van der Waals surface area contributed by atoms with Crippen molar-refractivity contribution in [2.45, 2.75) is 13.5 Å². The number of hydrogen-bond acceptors (Lipinski definition) is 3. The summed E-state index contributed by atoms with van der Waals surface area (Å²) in [7, 11) is 0. The molecule has 2 aromatic heterocycles. The largest absolute Gasteiger partial charge is 0.323 e. The van der Waals surface area contributed by atoms with Gasteiger partial charge in [-0.2, -0.15) is 0 Å². The van der Waals surface area contributed by atoms with E-state index in [1.165, 1.54) is 0 Å². The van der Waals surface area contributed by atoms with Crippen LogP contribution in [0.5, 0.6) is 0 Å². The van der Waals surface area contributed by atoms with Gasteiger partial charge in [0, 0.05) is 28.2 Å². The van der Waals surface area contributed by atoms with Gasteiger partial charge in [0.15, 0.2) is 5.82 Å². The molecule has 0 aliphatic heterocycles. The Morgan fingerprint density at radius 3 is 2.60 bits per heavy atom. The topological polar surface area (TPSA) is 43.1 Å². The molecule has 5 heteroatoms. The lowest BCUT2D eigenvalue weighted by molar-refractivity contribution is 0.794. The van der Waals surface area contributed by atoms with Gasteiger partial charge < -0.3 is 4.57 Å². The van der Waals surface area contributed by atoms with E-state index in [0.29, 0.717) is 0 Å². The summed E-state index contributed by atoms with van der Waals surface area (Å²) in [6.45, 7) is 2.96. The van der Waals surface area contributed by atoms with E-state index in [2.05, 4.69) is 45.6 Å². The van der Waals surface area contributed by atoms with E-state index in [4.69, 9.17) is 15.0 Å². The molecule has 5 rings (SSSR count). The minimum atomic E-state index is 0.831. The molecule has 0 atom stereocenters. The summed E-state index contributed by atoms with van der Waals surface area (Å²) in [5.41, 5.74) is 5.69. The first-order valence-corrected chi connectivity index (χ1v) is 10.7. The monoisotopic (exact) mass is 454 g/mol. The molecule has 30 heavy (non-hydrogen) atoms. The van der Waals surface area contributed by atoms with Gasteiger partial charge >= 0.3 is 0 Å². The highest BCUT2D eigenvalue weighted by Gasteiger charge is 2.13. The van der Waals surface area contributed by atoms with Gasteiger partial charge in [-0.3, -0.25) is 4.99 Å². The lowest BCUT2D eigenvalue weighted by Gasteiger charge is -2.08. The number of pyridine rings is 1. The molecule has 4 nitrogen and oxygen atoms in total. The van der Waals surface area contributed by atoms with Crippen molar-refractivity contribution in [1.29, 1.82) is 0 Å². The molecule has 0 bridgehead atoms. The van der Waals surface area contributed by atoms with Crippen LogP contribution in [-0.4, -0.2) is 20.7 Å². The lowest BCUT2D eigenvalue weighted by Crippen LogP contribution is -1.99. The quantitative estimate of drug-likeness (QED) is 0.280. The minimum Gasteiger partial charge on any atom is -0.323 e. The molecule has 0 saturated carbocycles. The van der Waals surface area contributed by atoms with Crippen LogP contribution in [0.2, 0.25) is 0 Å². The Hall–Kier alpha value is -3.31. The van der Waals surface area contributed by atoms with Crippen LogP contribution in [0.1, 0.15) is 12.5 Å². The first-order valence-electron chi connectivity index (χ1n) is 9.88. The summed E-state index contributed by atoms with van der Waals surface area (Å²) >= 11 is 3.58. The van der Waals surface area contributed by atoms with E-state index in [1.807, 2.05) is 66.9 Å². The van der Waals surface area contributed by atoms with Crippen LogP contribution in [0.3, 0.4) is 0 Å². The molecule has 2 heterocycles. The summed E-state index contributed by atoms with van der Waals surface area (Å²) < 4.78 is 3.22. The van der Waals surface area contributed by atoms with Gasteiger partial charge in [0.05, 0.1) is 22.2 Å². The smallest absolute Gasteiger partial charge is 0.159 e. The summed E-state index contributed by atoms with van der Waals surface area (Å²) in [5, 5.41) is 1.06. The predicted molar refractivity (Wildman–Crippen MR) is 128 cm³/mol. The molecule has 0 unspecified atom stereocenters. The Morgan fingerprint density at radius 1 is 0.900 bits per heavy atom. The van der Waals surface area contributed by atoms with Crippen molar-refractivity contribution >= 4 is 49.8 Å². The van der Waals surface area contributed by atoms with Crippen molar-refractivity contribution < 1.29 is 0 Å². The van der Waals surface area contributed by atoms with Crippen LogP contribution in [0.4, 0.5) is 5.69 Å². The second-order valence-electron chi connectivity index (χ2n) is 6.99. The highest BCUT2D eigenvalue weighted by molar-refractivity contribution is 9.10. The van der Waals surface area contributed by atoms with Crippen molar-refractivity contribution in [1.82, 2.24) is 14.5 Å². The van der Waals surface area contributed by atoms with Crippen LogP contribution < -0.4 is 0 Å². The van der Waals surface area contributed by atoms with E-state index in [-0.39, 0.29) is 0 Å². The van der Waals surface area contributed by atoms with Gasteiger partial charge in [-0.25, -0.2) is 9.97 Å². The average molecular weight is 455 g/mol. The van der Waals surface area contributed by atoms with Crippen LogP contribution in [0, 0.1) is 0 Å². The first-order chi connectivity index (χ1) is 14.7. The predicted octanol–water partition coefficient (Wildman–Crippen LogP) is 6.78. The Labute approximate surface area is 183 Å². The number of para-hydroxylation sites is 3. The van der Waals surface area contributed by atoms with Gasteiger partial charge in [-0.05, 0) is 37.3 Å². The van der Waals surface area contributed by atoms with E-state index in [9.17, 15) is 0 Å². The third-order valence-electron chi connectivity index (χ3n) is 5.15. The van der Waals surface area contributed by atoms with Gasteiger partial charge in [0.2, 0.25) is 0 Å². The summed E-state index contributed by atoms with van der Waals surface area (Å²) in [6.07, 6.45) is 1.87. The molecule has 0 spiro atoms. The molecule has 0 aliphatic carbocycles. The van der Waals surface area contributed by atoms with Gasteiger partial charge in [-0.1, -0.05) is 64.5 Å². The molecule has 0 saturated heterocycles. The molecule has 146 valence electrons.